The molecule has 0 bridgehead atoms. The topological polar surface area (TPSA) is 0 Å². The van der Waals surface area contributed by atoms with E-state index in [2.05, 4.69) is 0 Å². The molecule has 0 aliphatic heterocycles. The van der Waals surface area contributed by atoms with Crippen LogP contribution < -0.4 is 0 Å². The Hall–Kier alpha value is -0.280. The maximum absolute atomic E-state index is 13.2. The summed E-state index contributed by atoms with van der Waals surface area (Å²) >= 11 is 0. The van der Waals surface area contributed by atoms with Gasteiger partial charge in [0.15, 0.2) is 0 Å². The molecule has 0 radical (unpaired) electrons. The molecule has 0 nitrogen and oxygen atoms in total. The first-order chi connectivity index (χ1) is 5.56. The van der Waals surface area contributed by atoms with Crippen molar-refractivity contribution in [3.05, 3.63) is 0 Å². The second kappa shape index (κ2) is 2.39. The molecule has 0 saturated heterocycles. The van der Waals surface area contributed by atoms with Crippen molar-refractivity contribution in [2.45, 2.75) is 40.0 Å². The van der Waals surface area contributed by atoms with Gasteiger partial charge in [0.25, 0.3) is 0 Å². The van der Waals surface area contributed by atoms with Gasteiger partial charge in [-0.05, 0) is 0 Å². The third kappa shape index (κ3) is 1.17. The number of rotatable bonds is 1. The summed E-state index contributed by atoms with van der Waals surface area (Å²) < 4.78 is 50.2. The minimum absolute atomic E-state index is 0.845. The Bertz CT molecular complexity index is 218. The highest BCUT2D eigenvalue weighted by Gasteiger charge is 2.75. The van der Waals surface area contributed by atoms with Crippen LogP contribution in [0.1, 0.15) is 27.7 Å². The Balaban J connectivity index is 2.87. The predicted octanol–water partition coefficient (Wildman–Crippen LogP) is 3.57. The summed E-state index contributed by atoms with van der Waals surface area (Å²) in [5.74, 6) is -1.58. The zero-order valence-electron chi connectivity index (χ0n) is 8.17. The van der Waals surface area contributed by atoms with Gasteiger partial charge in [-0.1, -0.05) is 27.7 Å². The van der Waals surface area contributed by atoms with E-state index in [0.29, 0.717) is 0 Å². The molecule has 13 heavy (non-hydrogen) atoms. The van der Waals surface area contributed by atoms with Crippen molar-refractivity contribution in [3.63, 3.8) is 0 Å². The van der Waals surface area contributed by atoms with Gasteiger partial charge in [-0.25, -0.2) is 4.39 Å². The molecule has 4 heteroatoms. The van der Waals surface area contributed by atoms with E-state index in [4.69, 9.17) is 0 Å². The van der Waals surface area contributed by atoms with E-state index in [1.54, 1.807) is 13.8 Å². The van der Waals surface area contributed by atoms with Gasteiger partial charge < -0.3 is 0 Å². The Morgan fingerprint density at radius 1 is 1.15 bits per heavy atom. The fourth-order valence-electron chi connectivity index (χ4n) is 2.06. The van der Waals surface area contributed by atoms with Gasteiger partial charge in [0, 0.05) is 10.8 Å². The highest BCUT2D eigenvalue weighted by molar-refractivity contribution is 5.19. The Kier molecular flexibility index (Phi) is 1.99. The second-order valence-electron chi connectivity index (χ2n) is 4.63. The smallest absolute Gasteiger partial charge is 0.246 e. The maximum Gasteiger partial charge on any atom is 0.392 e. The molecule has 1 aliphatic carbocycles. The van der Waals surface area contributed by atoms with Gasteiger partial charge in [0.1, 0.15) is 6.17 Å². The van der Waals surface area contributed by atoms with Crippen molar-refractivity contribution >= 4 is 0 Å². The largest absolute Gasteiger partial charge is 0.392 e. The van der Waals surface area contributed by atoms with E-state index in [9.17, 15) is 17.6 Å². The van der Waals surface area contributed by atoms with Gasteiger partial charge in [-0.15, -0.1) is 0 Å². The SMILES string of the molecule is CC(C(F)(F)F)C1(C)C(F)C1(C)C. The van der Waals surface area contributed by atoms with Crippen LogP contribution in [-0.4, -0.2) is 12.3 Å². The lowest BCUT2D eigenvalue weighted by Crippen LogP contribution is -2.30. The highest BCUT2D eigenvalue weighted by Crippen LogP contribution is 2.71. The lowest BCUT2D eigenvalue weighted by Gasteiger charge is -2.24. The lowest BCUT2D eigenvalue weighted by molar-refractivity contribution is -0.190. The minimum Gasteiger partial charge on any atom is -0.246 e. The van der Waals surface area contributed by atoms with Crippen molar-refractivity contribution in [1.82, 2.24) is 0 Å². The monoisotopic (exact) mass is 198 g/mol. The van der Waals surface area contributed by atoms with Crippen LogP contribution in [0.25, 0.3) is 0 Å². The van der Waals surface area contributed by atoms with Crippen LogP contribution >= 0.6 is 0 Å². The summed E-state index contributed by atoms with van der Waals surface area (Å²) in [5.41, 5.74) is -2.09. The molecule has 0 spiro atoms. The summed E-state index contributed by atoms with van der Waals surface area (Å²) in [6, 6.07) is 0. The average molecular weight is 198 g/mol. The Morgan fingerprint density at radius 3 is 1.54 bits per heavy atom. The molecule has 0 amide bonds. The highest BCUT2D eigenvalue weighted by atomic mass is 19.4. The third-order valence-corrected chi connectivity index (χ3v) is 3.86. The lowest BCUT2D eigenvalue weighted by atomic mass is 9.85. The van der Waals surface area contributed by atoms with Crippen molar-refractivity contribution in [1.29, 1.82) is 0 Å². The van der Waals surface area contributed by atoms with Crippen LogP contribution in [0, 0.1) is 16.7 Å². The van der Waals surface area contributed by atoms with E-state index in [1.165, 1.54) is 6.92 Å². The second-order valence-corrected chi connectivity index (χ2v) is 4.63. The molecule has 3 atom stereocenters. The van der Waals surface area contributed by atoms with Crippen molar-refractivity contribution in [2.75, 3.05) is 0 Å². The van der Waals surface area contributed by atoms with Crippen molar-refractivity contribution in [2.24, 2.45) is 16.7 Å². The van der Waals surface area contributed by atoms with E-state index in [1.807, 2.05) is 0 Å². The van der Waals surface area contributed by atoms with E-state index in [0.717, 1.165) is 6.92 Å². The number of alkyl halides is 4. The van der Waals surface area contributed by atoms with Gasteiger partial charge in [-0.3, -0.25) is 0 Å². The molecule has 1 saturated carbocycles. The van der Waals surface area contributed by atoms with E-state index < -0.39 is 29.1 Å². The fraction of sp³-hybridized carbons (Fsp3) is 1.00. The van der Waals surface area contributed by atoms with Crippen LogP contribution in [0.2, 0.25) is 0 Å². The standard InChI is InChI=1S/C9H14F4/c1-5(9(11,12)13)8(4)6(10)7(8,2)3/h5-6H,1-4H3. The van der Waals surface area contributed by atoms with Gasteiger partial charge in [0.2, 0.25) is 0 Å². The van der Waals surface area contributed by atoms with Crippen LogP contribution in [0.4, 0.5) is 17.6 Å². The van der Waals surface area contributed by atoms with Gasteiger partial charge in [-0.2, -0.15) is 13.2 Å². The zero-order valence-corrected chi connectivity index (χ0v) is 8.17. The third-order valence-electron chi connectivity index (χ3n) is 3.86. The molecule has 78 valence electrons. The molecule has 1 aliphatic rings. The summed E-state index contributed by atoms with van der Waals surface area (Å²) in [6.07, 6.45) is -5.65. The number of hydrogen-bond acceptors (Lipinski definition) is 0. The zero-order chi connectivity index (χ0) is 10.7. The summed E-state index contributed by atoms with van der Waals surface area (Å²) in [6.45, 7) is 5.51. The molecule has 3 unspecified atom stereocenters. The Labute approximate surface area is 75.3 Å². The van der Waals surface area contributed by atoms with E-state index in [-0.39, 0.29) is 0 Å². The predicted molar refractivity (Wildman–Crippen MR) is 42.0 cm³/mol. The molecule has 1 fully saturated rings. The molecule has 0 aromatic carbocycles. The van der Waals surface area contributed by atoms with Crippen LogP contribution in [-0.2, 0) is 0 Å². The average Bonchev–Trinajstić information content (AvgIpc) is 2.32. The minimum atomic E-state index is -4.30. The van der Waals surface area contributed by atoms with Crippen molar-refractivity contribution in [3.8, 4) is 0 Å². The molecular weight excluding hydrogens is 184 g/mol. The van der Waals surface area contributed by atoms with Gasteiger partial charge in [0.05, 0.1) is 5.92 Å². The summed E-state index contributed by atoms with van der Waals surface area (Å²) in [4.78, 5) is 0. The normalized spacial score (nSPS) is 40.2. The fourth-order valence-corrected chi connectivity index (χ4v) is 2.06. The molecule has 0 heterocycles. The van der Waals surface area contributed by atoms with E-state index >= 15 is 0 Å². The molecule has 0 aromatic rings. The first-order valence-electron chi connectivity index (χ1n) is 4.27. The molecule has 1 rings (SSSR count). The van der Waals surface area contributed by atoms with Crippen LogP contribution in [0.5, 0.6) is 0 Å². The van der Waals surface area contributed by atoms with Crippen LogP contribution in [0.15, 0.2) is 0 Å². The quantitative estimate of drug-likeness (QED) is 0.565. The number of hydrogen-bond donors (Lipinski definition) is 0. The Morgan fingerprint density at radius 2 is 1.46 bits per heavy atom. The molecular formula is C9H14F4. The van der Waals surface area contributed by atoms with Crippen LogP contribution in [0.3, 0.4) is 0 Å². The first-order valence-corrected chi connectivity index (χ1v) is 4.27. The van der Waals surface area contributed by atoms with Gasteiger partial charge >= 0.3 is 6.18 Å². The first kappa shape index (κ1) is 10.8. The summed E-state index contributed by atoms with van der Waals surface area (Å²) in [5, 5.41) is 0. The molecule has 0 N–H and O–H groups in total. The molecule has 0 aromatic heterocycles. The summed E-state index contributed by atoms with van der Waals surface area (Å²) in [7, 11) is 0. The van der Waals surface area contributed by atoms with Crippen molar-refractivity contribution < 1.29 is 17.6 Å². The maximum atomic E-state index is 13.2. The number of halogens is 4.